The Balaban J connectivity index is 1.88. The molecular weight excluding hydrogens is 369 g/mol. The average Bonchev–Trinajstić information content (AvgIpc) is 2.92. The van der Waals surface area contributed by atoms with Gasteiger partial charge in [0.15, 0.2) is 5.17 Å². The maximum absolute atomic E-state index is 13.1. The van der Waals surface area contributed by atoms with Gasteiger partial charge in [0.05, 0.1) is 19.3 Å². The number of hydrogen-bond acceptors (Lipinski definition) is 5. The molecule has 1 fully saturated rings. The lowest BCUT2D eigenvalue weighted by molar-refractivity contribution is -0.128. The van der Waals surface area contributed by atoms with Crippen LogP contribution >= 0.6 is 11.8 Å². The van der Waals surface area contributed by atoms with Crippen LogP contribution in [0.3, 0.4) is 0 Å². The number of primary amides is 1. The van der Waals surface area contributed by atoms with Crippen LogP contribution < -0.4 is 10.5 Å². The molecule has 1 atom stereocenters. The van der Waals surface area contributed by atoms with Crippen LogP contribution in [0, 0.1) is 5.82 Å². The Bertz CT molecular complexity index is 869. The van der Waals surface area contributed by atoms with Crippen molar-refractivity contribution in [2.75, 3.05) is 7.11 Å². The summed E-state index contributed by atoms with van der Waals surface area (Å²) in [5.74, 6) is -0.424. The summed E-state index contributed by atoms with van der Waals surface area (Å²) in [6, 6.07) is 13.0. The van der Waals surface area contributed by atoms with Crippen molar-refractivity contribution in [3.63, 3.8) is 0 Å². The van der Waals surface area contributed by atoms with Crippen LogP contribution in [-0.4, -0.2) is 34.2 Å². The Morgan fingerprint density at radius 3 is 2.48 bits per heavy atom. The summed E-state index contributed by atoms with van der Waals surface area (Å²) in [7, 11) is 1.58. The topological polar surface area (TPSA) is 85.0 Å². The van der Waals surface area contributed by atoms with Crippen molar-refractivity contribution in [1.82, 2.24) is 4.90 Å². The number of halogens is 1. The Morgan fingerprint density at radius 2 is 1.89 bits per heavy atom. The lowest BCUT2D eigenvalue weighted by atomic mass is 10.2. The molecule has 1 saturated heterocycles. The molecule has 1 aliphatic heterocycles. The molecule has 1 unspecified atom stereocenters. The van der Waals surface area contributed by atoms with Gasteiger partial charge in [-0.2, -0.15) is 0 Å². The number of thioether (sulfide) groups is 1. The largest absolute Gasteiger partial charge is 0.497 e. The van der Waals surface area contributed by atoms with Gasteiger partial charge in [0.2, 0.25) is 11.8 Å². The van der Waals surface area contributed by atoms with Crippen LogP contribution in [0.1, 0.15) is 12.0 Å². The normalized spacial score (nSPS) is 18.1. The first-order valence-electron chi connectivity index (χ1n) is 8.20. The number of hydrogen-bond donors (Lipinski definition) is 1. The zero-order valence-corrected chi connectivity index (χ0v) is 15.4. The number of ether oxygens (including phenoxy) is 1. The van der Waals surface area contributed by atoms with E-state index in [1.165, 1.54) is 40.9 Å². The number of carbonyl (C=O) groups is 2. The van der Waals surface area contributed by atoms with Gasteiger partial charge in [-0.1, -0.05) is 23.9 Å². The maximum atomic E-state index is 13.1. The molecule has 6 nitrogen and oxygen atoms in total. The molecule has 0 aliphatic carbocycles. The minimum atomic E-state index is -0.611. The molecule has 1 heterocycles. The second kappa shape index (κ2) is 8.22. The van der Waals surface area contributed by atoms with Crippen molar-refractivity contribution in [2.45, 2.75) is 18.2 Å². The highest BCUT2D eigenvalue weighted by molar-refractivity contribution is 8.15. The predicted octanol–water partition coefficient (Wildman–Crippen LogP) is 2.84. The maximum Gasteiger partial charge on any atom is 0.242 e. The third-order valence-electron chi connectivity index (χ3n) is 3.96. The first-order chi connectivity index (χ1) is 13.0. The Kier molecular flexibility index (Phi) is 5.75. The zero-order chi connectivity index (χ0) is 19.4. The van der Waals surface area contributed by atoms with Crippen molar-refractivity contribution in [1.29, 1.82) is 0 Å². The van der Waals surface area contributed by atoms with Gasteiger partial charge in [-0.15, -0.1) is 0 Å². The first-order valence-corrected chi connectivity index (χ1v) is 9.08. The molecule has 0 bridgehead atoms. The summed E-state index contributed by atoms with van der Waals surface area (Å²) < 4.78 is 18.3. The number of amides is 2. The van der Waals surface area contributed by atoms with Crippen molar-refractivity contribution in [2.24, 2.45) is 10.7 Å². The summed E-state index contributed by atoms with van der Waals surface area (Å²) in [4.78, 5) is 30.0. The number of carbonyl (C=O) groups excluding carboxylic acids is 2. The van der Waals surface area contributed by atoms with Gasteiger partial charge in [0.25, 0.3) is 0 Å². The summed E-state index contributed by atoms with van der Waals surface area (Å²) >= 11 is 1.19. The summed E-state index contributed by atoms with van der Waals surface area (Å²) in [5.41, 5.74) is 6.67. The predicted molar refractivity (Wildman–Crippen MR) is 102 cm³/mol. The molecule has 0 spiro atoms. The SMILES string of the molecule is COc1ccc(CN2C(=O)C(CC(N)=O)SC2=Nc2ccc(F)cc2)cc1. The van der Waals surface area contributed by atoms with Crippen LogP contribution in [0.5, 0.6) is 5.75 Å². The van der Waals surface area contributed by atoms with Gasteiger partial charge in [0.1, 0.15) is 16.8 Å². The number of rotatable bonds is 6. The highest BCUT2D eigenvalue weighted by atomic mass is 32.2. The van der Waals surface area contributed by atoms with E-state index in [9.17, 15) is 14.0 Å². The molecule has 2 aromatic rings. The van der Waals surface area contributed by atoms with Gasteiger partial charge in [-0.05, 0) is 42.0 Å². The van der Waals surface area contributed by atoms with E-state index < -0.39 is 11.2 Å². The van der Waals surface area contributed by atoms with Crippen LogP contribution in [0.15, 0.2) is 53.5 Å². The zero-order valence-electron chi connectivity index (χ0n) is 14.6. The number of nitrogens with two attached hydrogens (primary N) is 1. The second-order valence-corrected chi connectivity index (χ2v) is 7.09. The number of amidine groups is 1. The molecule has 0 radical (unpaired) electrons. The van der Waals surface area contributed by atoms with Crippen LogP contribution in [0.25, 0.3) is 0 Å². The summed E-state index contributed by atoms with van der Waals surface area (Å²) in [6.45, 7) is 0.297. The molecule has 140 valence electrons. The van der Waals surface area contributed by atoms with Crippen molar-refractivity contribution in [3.8, 4) is 5.75 Å². The quantitative estimate of drug-likeness (QED) is 0.826. The van der Waals surface area contributed by atoms with Crippen molar-refractivity contribution < 1.29 is 18.7 Å². The van der Waals surface area contributed by atoms with Crippen LogP contribution in [-0.2, 0) is 16.1 Å². The molecule has 2 amide bonds. The highest BCUT2D eigenvalue weighted by Gasteiger charge is 2.38. The van der Waals surface area contributed by atoms with E-state index in [1.54, 1.807) is 19.2 Å². The third kappa shape index (κ3) is 4.65. The van der Waals surface area contributed by atoms with Crippen molar-refractivity contribution >= 4 is 34.4 Å². The van der Waals surface area contributed by atoms with E-state index in [-0.39, 0.29) is 18.1 Å². The van der Waals surface area contributed by atoms with Gasteiger partial charge >= 0.3 is 0 Å². The van der Waals surface area contributed by atoms with Crippen LogP contribution in [0.2, 0.25) is 0 Å². The fourth-order valence-electron chi connectivity index (χ4n) is 2.59. The summed E-state index contributed by atoms with van der Waals surface area (Å²) in [5, 5.41) is -0.159. The summed E-state index contributed by atoms with van der Waals surface area (Å²) in [6.07, 6.45) is -0.0644. The number of aliphatic imine (C=N–C) groups is 1. The molecule has 1 aliphatic rings. The average molecular weight is 387 g/mol. The molecule has 3 rings (SSSR count). The molecule has 8 heteroatoms. The number of nitrogens with zero attached hydrogens (tertiary/aromatic N) is 2. The minimum absolute atomic E-state index is 0.0644. The van der Waals surface area contributed by atoms with E-state index in [4.69, 9.17) is 10.5 Å². The van der Waals surface area contributed by atoms with E-state index >= 15 is 0 Å². The first kappa shape index (κ1) is 18.9. The number of benzene rings is 2. The standard InChI is InChI=1S/C19H18FN3O3S/c1-26-15-8-2-12(3-9-15)11-23-18(25)16(10-17(21)24)27-19(23)22-14-6-4-13(20)5-7-14/h2-9,16H,10-11H2,1H3,(H2,21,24). The van der Waals surface area contributed by atoms with Gasteiger partial charge in [-0.3, -0.25) is 14.5 Å². The molecule has 2 N–H and O–H groups in total. The van der Waals surface area contributed by atoms with Gasteiger partial charge in [-0.25, -0.2) is 9.38 Å². The fraction of sp³-hybridized carbons (Fsp3) is 0.211. The fourth-order valence-corrected chi connectivity index (χ4v) is 3.76. The number of methoxy groups -OCH3 is 1. The minimum Gasteiger partial charge on any atom is -0.497 e. The Hall–Kier alpha value is -2.87. The Morgan fingerprint density at radius 1 is 1.22 bits per heavy atom. The van der Waals surface area contributed by atoms with E-state index in [0.717, 1.165) is 5.56 Å². The third-order valence-corrected chi connectivity index (χ3v) is 5.13. The molecule has 27 heavy (non-hydrogen) atoms. The van der Waals surface area contributed by atoms with E-state index in [2.05, 4.69) is 4.99 Å². The molecule has 0 saturated carbocycles. The van der Waals surface area contributed by atoms with E-state index in [0.29, 0.717) is 23.1 Å². The smallest absolute Gasteiger partial charge is 0.242 e. The van der Waals surface area contributed by atoms with Gasteiger partial charge in [0, 0.05) is 6.42 Å². The monoisotopic (exact) mass is 387 g/mol. The molecular formula is C19H18FN3O3S. The lowest BCUT2D eigenvalue weighted by Gasteiger charge is -2.17. The molecule has 2 aromatic carbocycles. The lowest BCUT2D eigenvalue weighted by Crippen LogP contribution is -2.33. The molecule has 0 aromatic heterocycles. The van der Waals surface area contributed by atoms with Crippen LogP contribution in [0.4, 0.5) is 10.1 Å². The van der Waals surface area contributed by atoms with E-state index in [1.807, 2.05) is 12.1 Å². The second-order valence-electron chi connectivity index (χ2n) is 5.92. The van der Waals surface area contributed by atoms with Gasteiger partial charge < -0.3 is 10.5 Å². The van der Waals surface area contributed by atoms with Crippen molar-refractivity contribution in [3.05, 3.63) is 59.9 Å². The highest BCUT2D eigenvalue weighted by Crippen LogP contribution is 2.32. The Labute approximate surface area is 160 Å².